The van der Waals surface area contributed by atoms with Gasteiger partial charge < -0.3 is 21.9 Å². The molecule has 0 radical (unpaired) electrons. The second-order valence-electron chi connectivity index (χ2n) is 6.53. The highest BCUT2D eigenvalue weighted by Gasteiger charge is 2.20. The summed E-state index contributed by atoms with van der Waals surface area (Å²) in [7, 11) is 0. The summed E-state index contributed by atoms with van der Waals surface area (Å²) < 4.78 is 0. The summed E-state index contributed by atoms with van der Waals surface area (Å²) in [5.74, 6) is -1.41. The Kier molecular flexibility index (Phi) is 10.9. The Morgan fingerprint density at radius 3 is 1.79 bits per heavy atom. The lowest BCUT2D eigenvalue weighted by Crippen LogP contribution is -2.47. The molecule has 0 aliphatic carbocycles. The molecule has 0 aromatic heterocycles. The quantitative estimate of drug-likeness (QED) is 0.376. The number of carbonyl (C=O) groups excluding carboxylic acids is 2. The summed E-state index contributed by atoms with van der Waals surface area (Å²) in [6.07, 6.45) is 1.80. The molecule has 6 N–H and O–H groups in total. The SMILES string of the molecule is CC(N)C(=O)NC(CCCCN)C(=O)O.O=C(c1ccccc1)c1ccccc1. The number of carboxylic acid groups (broad SMARTS) is 1. The van der Waals surface area contributed by atoms with Gasteiger partial charge >= 0.3 is 5.97 Å². The van der Waals surface area contributed by atoms with Crippen molar-refractivity contribution in [3.63, 3.8) is 0 Å². The van der Waals surface area contributed by atoms with Crippen molar-refractivity contribution in [1.82, 2.24) is 5.32 Å². The third-order valence-corrected chi connectivity index (χ3v) is 4.05. The zero-order valence-corrected chi connectivity index (χ0v) is 16.6. The van der Waals surface area contributed by atoms with Crippen LogP contribution >= 0.6 is 0 Å². The van der Waals surface area contributed by atoms with Gasteiger partial charge in [0, 0.05) is 11.1 Å². The molecule has 2 atom stereocenters. The van der Waals surface area contributed by atoms with Crippen molar-refractivity contribution < 1.29 is 19.5 Å². The lowest BCUT2D eigenvalue weighted by molar-refractivity contribution is -0.142. The predicted molar refractivity (Wildman–Crippen MR) is 112 cm³/mol. The number of carboxylic acids is 1. The number of hydrogen-bond acceptors (Lipinski definition) is 5. The van der Waals surface area contributed by atoms with Gasteiger partial charge in [0.2, 0.25) is 5.91 Å². The minimum absolute atomic E-state index is 0.0752. The first-order valence-electron chi connectivity index (χ1n) is 9.50. The van der Waals surface area contributed by atoms with Crippen LogP contribution in [0.5, 0.6) is 0 Å². The first-order chi connectivity index (χ1) is 13.9. The van der Waals surface area contributed by atoms with Crippen molar-refractivity contribution in [2.45, 2.75) is 38.3 Å². The van der Waals surface area contributed by atoms with Crippen LogP contribution in [0.1, 0.15) is 42.1 Å². The van der Waals surface area contributed by atoms with Crippen molar-refractivity contribution in [3.05, 3.63) is 71.8 Å². The fourth-order valence-electron chi connectivity index (χ4n) is 2.40. The Balaban J connectivity index is 0.000000290. The molecule has 2 aromatic rings. The van der Waals surface area contributed by atoms with Crippen LogP contribution in [-0.2, 0) is 9.59 Å². The van der Waals surface area contributed by atoms with Gasteiger partial charge in [0.05, 0.1) is 6.04 Å². The minimum atomic E-state index is -1.04. The number of amides is 1. The molecule has 0 bridgehead atoms. The molecule has 0 saturated carbocycles. The van der Waals surface area contributed by atoms with Gasteiger partial charge in [-0.2, -0.15) is 0 Å². The largest absolute Gasteiger partial charge is 0.480 e. The molecule has 2 aromatic carbocycles. The molecule has 7 heteroatoms. The maximum absolute atomic E-state index is 11.8. The van der Waals surface area contributed by atoms with E-state index in [1.807, 2.05) is 60.7 Å². The average Bonchev–Trinajstić information content (AvgIpc) is 2.74. The molecule has 0 saturated heterocycles. The maximum Gasteiger partial charge on any atom is 0.326 e. The molecule has 0 fully saturated rings. The number of unbranched alkanes of at least 4 members (excludes halogenated alkanes) is 1. The fraction of sp³-hybridized carbons (Fsp3) is 0.318. The molecule has 0 aliphatic heterocycles. The summed E-state index contributed by atoms with van der Waals surface area (Å²) >= 11 is 0. The first kappa shape index (κ1) is 24.0. The van der Waals surface area contributed by atoms with Crippen LogP contribution in [0.4, 0.5) is 0 Å². The Labute approximate surface area is 171 Å². The highest BCUT2D eigenvalue weighted by molar-refractivity contribution is 6.08. The van der Waals surface area contributed by atoms with E-state index in [4.69, 9.17) is 16.6 Å². The lowest BCUT2D eigenvalue weighted by atomic mass is 10.0. The topological polar surface area (TPSA) is 136 Å². The smallest absolute Gasteiger partial charge is 0.326 e. The number of benzene rings is 2. The second-order valence-corrected chi connectivity index (χ2v) is 6.53. The fourth-order valence-corrected chi connectivity index (χ4v) is 2.40. The van der Waals surface area contributed by atoms with Gasteiger partial charge in [0.1, 0.15) is 6.04 Å². The van der Waals surface area contributed by atoms with Gasteiger partial charge in [-0.25, -0.2) is 4.79 Å². The third kappa shape index (κ3) is 9.14. The lowest BCUT2D eigenvalue weighted by Gasteiger charge is -2.15. The minimum Gasteiger partial charge on any atom is -0.480 e. The predicted octanol–water partition coefficient (Wildman–Crippen LogP) is 1.95. The van der Waals surface area contributed by atoms with Gasteiger partial charge in [0.15, 0.2) is 5.78 Å². The summed E-state index contributed by atoms with van der Waals surface area (Å²) in [5, 5.41) is 11.2. The molecule has 2 rings (SSSR count). The molecule has 2 unspecified atom stereocenters. The van der Waals surface area contributed by atoms with Crippen LogP contribution in [0.25, 0.3) is 0 Å². The molecule has 7 nitrogen and oxygen atoms in total. The first-order valence-corrected chi connectivity index (χ1v) is 9.50. The Morgan fingerprint density at radius 1 is 0.931 bits per heavy atom. The van der Waals surface area contributed by atoms with E-state index in [1.165, 1.54) is 6.92 Å². The van der Waals surface area contributed by atoms with Crippen LogP contribution in [-0.4, -0.2) is 41.4 Å². The van der Waals surface area contributed by atoms with Crippen molar-refractivity contribution in [2.75, 3.05) is 6.54 Å². The Bertz CT molecular complexity index is 723. The Hall–Kier alpha value is -3.03. The highest BCUT2D eigenvalue weighted by Crippen LogP contribution is 2.08. The van der Waals surface area contributed by atoms with Crippen LogP contribution in [0.15, 0.2) is 60.7 Å². The van der Waals surface area contributed by atoms with Crippen LogP contribution < -0.4 is 16.8 Å². The second kappa shape index (κ2) is 13.2. The molecule has 156 valence electrons. The number of carbonyl (C=O) groups is 3. The van der Waals surface area contributed by atoms with E-state index < -0.39 is 24.0 Å². The van der Waals surface area contributed by atoms with Crippen LogP contribution in [0.2, 0.25) is 0 Å². The number of rotatable bonds is 9. The third-order valence-electron chi connectivity index (χ3n) is 4.05. The summed E-state index contributed by atoms with van der Waals surface area (Å²) in [6.45, 7) is 2.03. The summed E-state index contributed by atoms with van der Waals surface area (Å²) in [6, 6.07) is 17.0. The van der Waals surface area contributed by atoms with E-state index in [0.717, 1.165) is 17.5 Å². The average molecular weight is 399 g/mol. The molecular formula is C22H29N3O4. The van der Waals surface area contributed by atoms with Crippen molar-refractivity contribution in [3.8, 4) is 0 Å². The molecule has 0 heterocycles. The number of ketones is 1. The summed E-state index contributed by atoms with van der Waals surface area (Å²) in [5.41, 5.74) is 12.1. The molecule has 0 aliphatic rings. The zero-order chi connectivity index (χ0) is 21.6. The number of hydrogen-bond donors (Lipinski definition) is 4. The summed E-state index contributed by atoms with van der Waals surface area (Å²) in [4.78, 5) is 33.8. The molecule has 1 amide bonds. The van der Waals surface area contributed by atoms with E-state index in [1.54, 1.807) is 0 Å². The van der Waals surface area contributed by atoms with Crippen LogP contribution in [0.3, 0.4) is 0 Å². The van der Waals surface area contributed by atoms with E-state index in [9.17, 15) is 14.4 Å². The number of nitrogens with two attached hydrogens (primary N) is 2. The van der Waals surface area contributed by atoms with Crippen molar-refractivity contribution in [2.24, 2.45) is 11.5 Å². The van der Waals surface area contributed by atoms with Gasteiger partial charge in [0.25, 0.3) is 0 Å². The van der Waals surface area contributed by atoms with Crippen molar-refractivity contribution in [1.29, 1.82) is 0 Å². The standard InChI is InChI=1S/C13H10O.C9H19N3O3/c14-13(11-7-3-1-4-8-11)12-9-5-2-6-10-12;1-6(11)8(13)12-7(9(14)15)4-2-3-5-10/h1-10H;6-7H,2-5,10-11H2,1H3,(H,12,13)(H,14,15). The number of aliphatic carboxylic acids is 1. The normalized spacial score (nSPS) is 12.1. The van der Waals surface area contributed by atoms with Crippen molar-refractivity contribution >= 4 is 17.7 Å². The van der Waals surface area contributed by atoms with Gasteiger partial charge in [-0.3, -0.25) is 9.59 Å². The van der Waals surface area contributed by atoms with Gasteiger partial charge in [-0.15, -0.1) is 0 Å². The van der Waals surface area contributed by atoms with Gasteiger partial charge in [-0.05, 0) is 32.7 Å². The van der Waals surface area contributed by atoms with E-state index in [0.29, 0.717) is 19.4 Å². The number of nitrogens with one attached hydrogen (secondary N) is 1. The van der Waals surface area contributed by atoms with E-state index in [2.05, 4.69) is 5.32 Å². The molecular weight excluding hydrogens is 370 g/mol. The Morgan fingerprint density at radius 2 is 1.41 bits per heavy atom. The zero-order valence-electron chi connectivity index (χ0n) is 16.6. The maximum atomic E-state index is 11.8. The highest BCUT2D eigenvalue weighted by atomic mass is 16.4. The monoisotopic (exact) mass is 399 g/mol. The molecule has 29 heavy (non-hydrogen) atoms. The van der Waals surface area contributed by atoms with Gasteiger partial charge in [-0.1, -0.05) is 60.7 Å². The molecule has 0 spiro atoms. The van der Waals surface area contributed by atoms with E-state index >= 15 is 0 Å². The van der Waals surface area contributed by atoms with Crippen LogP contribution in [0, 0.1) is 0 Å². The van der Waals surface area contributed by atoms with E-state index in [-0.39, 0.29) is 5.78 Å².